The summed E-state index contributed by atoms with van der Waals surface area (Å²) in [6.07, 6.45) is 0. The van der Waals surface area contributed by atoms with Crippen molar-refractivity contribution in [2.75, 3.05) is 23.1 Å². The van der Waals surface area contributed by atoms with Gasteiger partial charge in [-0.2, -0.15) is 0 Å². The minimum atomic E-state index is 0.227. The largest absolute Gasteiger partial charge is 0.506 e. The maximum absolute atomic E-state index is 11.3. The monoisotopic (exact) mass is 558 g/mol. The summed E-state index contributed by atoms with van der Waals surface area (Å²) in [4.78, 5) is 4.26. The van der Waals surface area contributed by atoms with Crippen molar-refractivity contribution >= 4 is 38.9 Å². The number of phenolic OH excluding ortho intramolecular Hbond substituents is 1. The van der Waals surface area contributed by atoms with Crippen molar-refractivity contribution in [2.45, 2.75) is 0 Å². The van der Waals surface area contributed by atoms with Gasteiger partial charge in [0.1, 0.15) is 5.75 Å². The van der Waals surface area contributed by atoms with Crippen LogP contribution in [0.3, 0.4) is 0 Å². The summed E-state index contributed by atoms with van der Waals surface area (Å²) in [5.41, 5.74) is 16.8. The van der Waals surface area contributed by atoms with Crippen molar-refractivity contribution in [2.24, 2.45) is 5.73 Å². The third-order valence-electron chi connectivity index (χ3n) is 8.53. The molecule has 0 amide bonds. The molecule has 208 valence electrons. The lowest BCUT2D eigenvalue weighted by atomic mass is 10.0. The molecule has 1 aliphatic rings. The number of fused-ring (bicyclic) bond motifs is 4. The number of nitrogens with zero attached hydrogens (tertiary/aromatic N) is 3. The van der Waals surface area contributed by atoms with Crippen molar-refractivity contribution in [3.05, 3.63) is 140 Å². The number of aromatic hydroxyl groups is 1. The Bertz CT molecular complexity index is 2020. The Morgan fingerprint density at radius 2 is 1.12 bits per heavy atom. The van der Waals surface area contributed by atoms with Gasteiger partial charge < -0.3 is 25.2 Å². The molecule has 0 unspecified atom stereocenters. The van der Waals surface area contributed by atoms with E-state index in [4.69, 9.17) is 5.73 Å². The molecule has 6 aromatic carbocycles. The van der Waals surface area contributed by atoms with Gasteiger partial charge in [-0.1, -0.05) is 109 Å². The molecule has 0 bridgehead atoms. The Kier molecular flexibility index (Phi) is 5.91. The molecule has 1 aliphatic heterocycles. The Morgan fingerprint density at radius 1 is 0.558 bits per heavy atom. The van der Waals surface area contributed by atoms with E-state index in [9.17, 15) is 5.11 Å². The van der Waals surface area contributed by atoms with Crippen LogP contribution in [-0.2, 0) is 0 Å². The van der Waals surface area contributed by atoms with Crippen LogP contribution < -0.4 is 15.5 Å². The zero-order valence-corrected chi connectivity index (χ0v) is 23.6. The smallest absolute Gasteiger partial charge is 0.139 e. The first-order chi connectivity index (χ1) is 21.2. The fraction of sp³-hybridized carbons (Fsp3) is 0.0526. The number of aromatic nitrogens is 1. The molecule has 43 heavy (non-hydrogen) atoms. The highest BCUT2D eigenvalue weighted by atomic mass is 16.3. The first-order valence-corrected chi connectivity index (χ1v) is 14.5. The van der Waals surface area contributed by atoms with Crippen LogP contribution in [0, 0.1) is 0 Å². The highest BCUT2D eigenvalue weighted by Gasteiger charge is 2.28. The lowest BCUT2D eigenvalue weighted by Crippen LogP contribution is -2.32. The third kappa shape index (κ3) is 3.97. The number of nitrogens with two attached hydrogens (primary N) is 1. The molecular weight excluding hydrogens is 528 g/mol. The average Bonchev–Trinajstić information content (AvgIpc) is 3.62. The summed E-state index contributed by atoms with van der Waals surface area (Å²) < 4.78 is 2.38. The topological polar surface area (TPSA) is 57.7 Å². The molecule has 0 atom stereocenters. The number of benzene rings is 6. The molecule has 3 N–H and O–H groups in total. The zero-order valence-electron chi connectivity index (χ0n) is 23.6. The second-order valence-corrected chi connectivity index (χ2v) is 10.9. The quantitative estimate of drug-likeness (QED) is 0.222. The summed E-state index contributed by atoms with van der Waals surface area (Å²) in [6, 6.07) is 48.4. The normalized spacial score (nSPS) is 12.8. The van der Waals surface area contributed by atoms with Crippen LogP contribution in [0.1, 0.15) is 0 Å². The van der Waals surface area contributed by atoms with Crippen LogP contribution in [0.15, 0.2) is 140 Å². The molecule has 2 heterocycles. The van der Waals surface area contributed by atoms with E-state index < -0.39 is 0 Å². The number of phenols is 1. The van der Waals surface area contributed by atoms with Gasteiger partial charge in [0, 0.05) is 27.6 Å². The predicted molar refractivity (Wildman–Crippen MR) is 178 cm³/mol. The molecule has 5 nitrogen and oxygen atoms in total. The average molecular weight is 559 g/mol. The Balaban J connectivity index is 1.45. The molecule has 1 aromatic heterocycles. The molecule has 5 heteroatoms. The van der Waals surface area contributed by atoms with E-state index in [0.717, 1.165) is 56.0 Å². The standard InChI is InChI=1S/C38H30N4O/c39-24-40-25-41(34-20-8-7-19-33(34)40)35-23-28(21-22-36(35)43)42-37-29(26-11-3-1-4-12-26)15-9-17-31(37)32-18-10-16-30(38(32)42)27-13-5-2-6-14-27/h1-23,43H,24-25,39H2. The molecule has 0 saturated carbocycles. The van der Waals surface area contributed by atoms with Crippen molar-refractivity contribution in [3.8, 4) is 33.7 Å². The maximum atomic E-state index is 11.3. The molecular formula is C38H30N4O. The van der Waals surface area contributed by atoms with Crippen molar-refractivity contribution in [3.63, 3.8) is 0 Å². The van der Waals surface area contributed by atoms with Gasteiger partial charge in [-0.15, -0.1) is 0 Å². The van der Waals surface area contributed by atoms with Crippen LogP contribution in [0.2, 0.25) is 0 Å². The molecule has 8 rings (SSSR count). The number of hydrogen-bond donors (Lipinski definition) is 2. The molecule has 7 aromatic rings. The summed E-state index contributed by atoms with van der Waals surface area (Å²) >= 11 is 0. The highest BCUT2D eigenvalue weighted by molar-refractivity contribution is 6.17. The molecule has 0 aliphatic carbocycles. The second kappa shape index (κ2) is 10.1. The lowest BCUT2D eigenvalue weighted by Gasteiger charge is -2.23. The number of hydrogen-bond acceptors (Lipinski definition) is 4. The third-order valence-corrected chi connectivity index (χ3v) is 8.53. The van der Waals surface area contributed by atoms with Crippen LogP contribution in [0.25, 0.3) is 49.7 Å². The lowest BCUT2D eigenvalue weighted by molar-refractivity contribution is 0.475. The van der Waals surface area contributed by atoms with Crippen LogP contribution >= 0.6 is 0 Å². The van der Waals surface area contributed by atoms with E-state index in [1.165, 1.54) is 10.8 Å². The van der Waals surface area contributed by atoms with Gasteiger partial charge in [0.05, 0.1) is 41.4 Å². The molecule has 0 saturated heterocycles. The highest BCUT2D eigenvalue weighted by Crippen LogP contribution is 2.46. The van der Waals surface area contributed by atoms with E-state index in [0.29, 0.717) is 13.3 Å². The van der Waals surface area contributed by atoms with Crippen LogP contribution in [-0.4, -0.2) is 23.0 Å². The fourth-order valence-electron chi connectivity index (χ4n) is 6.59. The van der Waals surface area contributed by atoms with Crippen molar-refractivity contribution < 1.29 is 5.11 Å². The molecule has 0 spiro atoms. The first kappa shape index (κ1) is 25.2. The summed E-state index contributed by atoms with van der Waals surface area (Å²) in [5.74, 6) is 0.227. The second-order valence-electron chi connectivity index (χ2n) is 10.9. The zero-order chi connectivity index (χ0) is 28.9. The van der Waals surface area contributed by atoms with Gasteiger partial charge in [-0.25, -0.2) is 0 Å². The molecule has 0 fully saturated rings. The summed E-state index contributed by atoms with van der Waals surface area (Å²) in [7, 11) is 0. The number of rotatable bonds is 5. The van der Waals surface area contributed by atoms with Crippen LogP contribution in [0.4, 0.5) is 17.1 Å². The van der Waals surface area contributed by atoms with Gasteiger partial charge in [-0.05, 0) is 41.5 Å². The van der Waals surface area contributed by atoms with Gasteiger partial charge in [0.25, 0.3) is 0 Å². The van der Waals surface area contributed by atoms with E-state index >= 15 is 0 Å². The minimum Gasteiger partial charge on any atom is -0.506 e. The van der Waals surface area contributed by atoms with Crippen molar-refractivity contribution in [1.29, 1.82) is 0 Å². The molecule has 0 radical (unpaired) electrons. The van der Waals surface area contributed by atoms with E-state index in [2.05, 4.69) is 130 Å². The van der Waals surface area contributed by atoms with Gasteiger partial charge in [0.15, 0.2) is 0 Å². The van der Waals surface area contributed by atoms with Gasteiger partial charge >= 0.3 is 0 Å². The maximum Gasteiger partial charge on any atom is 0.139 e. The number of para-hydroxylation sites is 4. The minimum absolute atomic E-state index is 0.227. The first-order valence-electron chi connectivity index (χ1n) is 14.5. The van der Waals surface area contributed by atoms with Crippen molar-refractivity contribution in [1.82, 2.24) is 4.57 Å². The summed E-state index contributed by atoms with van der Waals surface area (Å²) in [5, 5.41) is 13.6. The Hall–Kier alpha value is -5.52. The fourth-order valence-corrected chi connectivity index (χ4v) is 6.59. The van der Waals surface area contributed by atoms with Gasteiger partial charge in [-0.3, -0.25) is 0 Å². The van der Waals surface area contributed by atoms with Gasteiger partial charge in [0.2, 0.25) is 0 Å². The Labute approximate surface area is 250 Å². The predicted octanol–water partition coefficient (Wildman–Crippen LogP) is 8.66. The Morgan fingerprint density at radius 3 is 1.70 bits per heavy atom. The number of anilines is 3. The SMILES string of the molecule is NCN1CN(c2cc(-n3c4c(-c5ccccc5)cccc4c4cccc(-c5ccccc5)c43)ccc2O)c2ccccc21. The van der Waals surface area contributed by atoms with Crippen LogP contribution in [0.5, 0.6) is 5.75 Å². The van der Waals surface area contributed by atoms with E-state index in [1.807, 2.05) is 24.3 Å². The van der Waals surface area contributed by atoms with E-state index in [1.54, 1.807) is 0 Å². The summed E-state index contributed by atoms with van der Waals surface area (Å²) in [6.45, 7) is 0.951. The van der Waals surface area contributed by atoms with E-state index in [-0.39, 0.29) is 5.75 Å².